The molecule has 0 spiro atoms. The highest BCUT2D eigenvalue weighted by atomic mass is 16.1. The molecule has 0 aromatic rings. The van der Waals surface area contributed by atoms with E-state index in [0.29, 0.717) is 0 Å². The molecule has 0 aromatic heterocycles. The van der Waals surface area contributed by atoms with Gasteiger partial charge in [-0.25, -0.2) is 0 Å². The Morgan fingerprint density at radius 3 is 2.56 bits per heavy atom. The molecular formula is C8H13O. The minimum absolute atomic E-state index is 0.819. The zero-order chi connectivity index (χ0) is 7.11. The van der Waals surface area contributed by atoms with E-state index in [2.05, 4.69) is 6.92 Å². The maximum Gasteiger partial charge on any atom is 0.228 e. The second-order valence-corrected chi connectivity index (χ2v) is 1.99. The standard InChI is InChI=1S/C8H13O/c1-3-5-8(7-9)6-4-2/h5H,3-4,6H2,1-2H3/b8-5+. The fourth-order valence-corrected chi connectivity index (χ4v) is 0.710. The molecule has 0 N–H and O–H groups in total. The summed E-state index contributed by atoms with van der Waals surface area (Å²) in [7, 11) is 0. The van der Waals surface area contributed by atoms with Crippen LogP contribution in [0, 0.1) is 0 Å². The molecule has 0 fully saturated rings. The molecule has 0 aliphatic heterocycles. The maximum absolute atomic E-state index is 10.1. The Morgan fingerprint density at radius 2 is 2.22 bits per heavy atom. The largest absolute Gasteiger partial charge is 0.285 e. The van der Waals surface area contributed by atoms with Gasteiger partial charge in [-0.05, 0) is 18.4 Å². The SMILES string of the molecule is CC/C=C(/[C]=O)CCC. The predicted octanol–water partition coefficient (Wildman–Crippen LogP) is 2.23. The molecule has 0 saturated carbocycles. The Balaban J connectivity index is 3.66. The van der Waals surface area contributed by atoms with Crippen molar-refractivity contribution in [3.05, 3.63) is 11.6 Å². The Hall–Kier alpha value is -0.590. The first kappa shape index (κ1) is 8.41. The molecule has 1 radical (unpaired) electrons. The lowest BCUT2D eigenvalue weighted by Crippen LogP contribution is -1.82. The van der Waals surface area contributed by atoms with E-state index in [-0.39, 0.29) is 0 Å². The summed E-state index contributed by atoms with van der Waals surface area (Å²) in [5.74, 6) is 0. The average molecular weight is 125 g/mol. The van der Waals surface area contributed by atoms with Gasteiger partial charge in [0.25, 0.3) is 0 Å². The summed E-state index contributed by atoms with van der Waals surface area (Å²) in [5.41, 5.74) is 0.819. The van der Waals surface area contributed by atoms with Gasteiger partial charge in [0.2, 0.25) is 6.29 Å². The quantitative estimate of drug-likeness (QED) is 0.526. The molecule has 0 unspecified atom stereocenters. The van der Waals surface area contributed by atoms with Gasteiger partial charge in [0.1, 0.15) is 0 Å². The van der Waals surface area contributed by atoms with E-state index >= 15 is 0 Å². The Bertz CT molecular complexity index is 103. The van der Waals surface area contributed by atoms with Crippen LogP contribution >= 0.6 is 0 Å². The van der Waals surface area contributed by atoms with Crippen molar-refractivity contribution in [2.45, 2.75) is 33.1 Å². The number of rotatable bonds is 4. The van der Waals surface area contributed by atoms with Gasteiger partial charge in [0.05, 0.1) is 0 Å². The normalized spacial score (nSPS) is 11.6. The van der Waals surface area contributed by atoms with E-state index in [1.165, 1.54) is 0 Å². The number of hydrogen-bond donors (Lipinski definition) is 0. The van der Waals surface area contributed by atoms with Crippen molar-refractivity contribution in [3.8, 4) is 0 Å². The van der Waals surface area contributed by atoms with Crippen molar-refractivity contribution in [2.75, 3.05) is 0 Å². The van der Waals surface area contributed by atoms with E-state index in [9.17, 15) is 4.79 Å². The molecule has 0 saturated heterocycles. The molecule has 0 aliphatic carbocycles. The monoisotopic (exact) mass is 125 g/mol. The number of allylic oxidation sites excluding steroid dienone is 2. The van der Waals surface area contributed by atoms with Gasteiger partial charge in [-0.3, -0.25) is 4.79 Å². The highest BCUT2D eigenvalue weighted by Crippen LogP contribution is 2.01. The Labute approximate surface area is 56.8 Å². The first-order chi connectivity index (χ1) is 4.35. The van der Waals surface area contributed by atoms with Crippen LogP contribution in [-0.4, -0.2) is 6.29 Å². The van der Waals surface area contributed by atoms with Crippen LogP contribution < -0.4 is 0 Å². The van der Waals surface area contributed by atoms with Crippen LogP contribution in [0.25, 0.3) is 0 Å². The molecule has 0 aliphatic rings. The van der Waals surface area contributed by atoms with Crippen LogP contribution in [0.5, 0.6) is 0 Å². The van der Waals surface area contributed by atoms with Gasteiger partial charge in [0, 0.05) is 0 Å². The van der Waals surface area contributed by atoms with Crippen LogP contribution in [0.3, 0.4) is 0 Å². The average Bonchev–Trinajstić information content (AvgIpc) is 1.88. The summed E-state index contributed by atoms with van der Waals surface area (Å²) < 4.78 is 0. The van der Waals surface area contributed by atoms with Crippen molar-refractivity contribution in [3.63, 3.8) is 0 Å². The van der Waals surface area contributed by atoms with Crippen molar-refractivity contribution in [1.82, 2.24) is 0 Å². The Morgan fingerprint density at radius 1 is 1.56 bits per heavy atom. The topological polar surface area (TPSA) is 17.1 Å². The van der Waals surface area contributed by atoms with Crippen LogP contribution in [0.2, 0.25) is 0 Å². The first-order valence-corrected chi connectivity index (χ1v) is 3.42. The second kappa shape index (κ2) is 5.54. The van der Waals surface area contributed by atoms with Crippen molar-refractivity contribution in [1.29, 1.82) is 0 Å². The molecule has 1 nitrogen and oxygen atoms in total. The summed E-state index contributed by atoms with van der Waals surface area (Å²) in [6, 6.07) is 0. The van der Waals surface area contributed by atoms with Crippen molar-refractivity contribution >= 4 is 6.29 Å². The predicted molar refractivity (Wildman–Crippen MR) is 39.0 cm³/mol. The van der Waals surface area contributed by atoms with Crippen LogP contribution in [0.15, 0.2) is 11.6 Å². The van der Waals surface area contributed by atoms with Gasteiger partial charge in [-0.2, -0.15) is 0 Å². The third-order valence-electron chi connectivity index (χ3n) is 1.10. The lowest BCUT2D eigenvalue weighted by molar-refractivity contribution is 0.559. The molecule has 51 valence electrons. The molecule has 9 heavy (non-hydrogen) atoms. The summed E-state index contributed by atoms with van der Waals surface area (Å²) >= 11 is 0. The van der Waals surface area contributed by atoms with E-state index in [1.807, 2.05) is 19.3 Å². The molecule has 0 heterocycles. The van der Waals surface area contributed by atoms with E-state index in [0.717, 1.165) is 24.8 Å². The molecule has 0 rings (SSSR count). The summed E-state index contributed by atoms with van der Waals surface area (Å²) in [6.07, 6.45) is 6.68. The smallest absolute Gasteiger partial charge is 0.228 e. The van der Waals surface area contributed by atoms with Crippen LogP contribution in [-0.2, 0) is 4.79 Å². The maximum atomic E-state index is 10.1. The fourth-order valence-electron chi connectivity index (χ4n) is 0.710. The minimum atomic E-state index is 0.819. The first-order valence-electron chi connectivity index (χ1n) is 3.42. The van der Waals surface area contributed by atoms with Gasteiger partial charge < -0.3 is 0 Å². The number of carbonyl (C=O) groups excluding carboxylic acids is 1. The highest BCUT2D eigenvalue weighted by molar-refractivity contribution is 5.73. The minimum Gasteiger partial charge on any atom is -0.285 e. The van der Waals surface area contributed by atoms with Gasteiger partial charge in [0.15, 0.2) is 0 Å². The molecule has 0 atom stereocenters. The molecular weight excluding hydrogens is 112 g/mol. The van der Waals surface area contributed by atoms with Gasteiger partial charge in [-0.15, -0.1) is 0 Å². The van der Waals surface area contributed by atoms with Gasteiger partial charge >= 0.3 is 0 Å². The van der Waals surface area contributed by atoms with Crippen LogP contribution in [0.1, 0.15) is 33.1 Å². The third-order valence-corrected chi connectivity index (χ3v) is 1.10. The third kappa shape index (κ3) is 3.95. The zero-order valence-corrected chi connectivity index (χ0v) is 6.11. The van der Waals surface area contributed by atoms with E-state index < -0.39 is 0 Å². The van der Waals surface area contributed by atoms with E-state index in [1.54, 1.807) is 0 Å². The van der Waals surface area contributed by atoms with E-state index in [4.69, 9.17) is 0 Å². The Kier molecular flexibility index (Phi) is 5.18. The second-order valence-electron chi connectivity index (χ2n) is 1.99. The highest BCUT2D eigenvalue weighted by Gasteiger charge is 1.90. The summed E-state index contributed by atoms with van der Waals surface area (Å²) in [6.45, 7) is 4.08. The molecule has 0 bridgehead atoms. The summed E-state index contributed by atoms with van der Waals surface area (Å²) in [5, 5.41) is 0. The zero-order valence-electron chi connectivity index (χ0n) is 6.11. The van der Waals surface area contributed by atoms with Crippen LogP contribution in [0.4, 0.5) is 0 Å². The molecule has 1 heteroatoms. The summed E-state index contributed by atoms with van der Waals surface area (Å²) in [4.78, 5) is 10.1. The number of hydrogen-bond acceptors (Lipinski definition) is 1. The molecule has 0 amide bonds. The van der Waals surface area contributed by atoms with Crippen molar-refractivity contribution in [2.24, 2.45) is 0 Å². The lowest BCUT2D eigenvalue weighted by atomic mass is 10.1. The lowest BCUT2D eigenvalue weighted by Gasteiger charge is -1.91. The molecule has 0 aromatic carbocycles. The van der Waals surface area contributed by atoms with Gasteiger partial charge in [-0.1, -0.05) is 26.3 Å². The fraction of sp³-hybridized carbons (Fsp3) is 0.625. The van der Waals surface area contributed by atoms with Crippen molar-refractivity contribution < 1.29 is 4.79 Å².